The fourth-order valence-electron chi connectivity index (χ4n) is 3.99. The molecule has 7 heteroatoms. The quantitative estimate of drug-likeness (QED) is 0.652. The van der Waals surface area contributed by atoms with Gasteiger partial charge >= 0.3 is 0 Å². The van der Waals surface area contributed by atoms with E-state index < -0.39 is 6.10 Å². The van der Waals surface area contributed by atoms with Crippen molar-refractivity contribution in [2.45, 2.75) is 31.5 Å². The second-order valence-electron chi connectivity index (χ2n) is 7.54. The highest BCUT2D eigenvalue weighted by Gasteiger charge is 2.25. The molecule has 3 aromatic rings. The molecule has 0 saturated carbocycles. The number of carbonyl (C=O) groups is 1. The van der Waals surface area contributed by atoms with Crippen molar-refractivity contribution >= 4 is 11.7 Å². The lowest BCUT2D eigenvalue weighted by Crippen LogP contribution is -2.35. The highest BCUT2D eigenvalue weighted by Crippen LogP contribution is 2.27. The number of piperidine rings is 1. The van der Waals surface area contributed by atoms with E-state index in [1.54, 1.807) is 13.3 Å². The van der Waals surface area contributed by atoms with E-state index in [1.165, 1.54) is 5.56 Å². The number of amides is 1. The molecular formula is C23H27N5O2. The van der Waals surface area contributed by atoms with E-state index >= 15 is 0 Å². The second-order valence-corrected chi connectivity index (χ2v) is 7.54. The maximum absolute atomic E-state index is 12.8. The van der Waals surface area contributed by atoms with Crippen LogP contribution in [0.1, 0.15) is 36.1 Å². The number of likely N-dealkylation sites (tertiary alicyclic amines) is 1. The van der Waals surface area contributed by atoms with E-state index in [2.05, 4.69) is 32.4 Å². The molecule has 0 radical (unpaired) electrons. The Morgan fingerprint density at radius 2 is 1.83 bits per heavy atom. The van der Waals surface area contributed by atoms with Crippen molar-refractivity contribution in [1.29, 1.82) is 0 Å². The normalized spacial score (nSPS) is 16.3. The molecule has 1 saturated heterocycles. The second kappa shape index (κ2) is 9.65. The number of carbonyl (C=O) groups excluding carboxylic acids is 1. The van der Waals surface area contributed by atoms with Gasteiger partial charge in [0.2, 0.25) is 0 Å². The number of nitrogens with one attached hydrogen (secondary N) is 1. The standard InChI is InChI=1S/C23H27N5O2/c1-30-22(19-5-3-2-4-6-19)23(29)26-21-9-14-25-28(21)20-10-15-27(16-11-20)17-18-7-12-24-13-8-18/h2-9,12-14,20,22H,10-11,15-17H2,1H3,(H,26,29). The Morgan fingerprint density at radius 1 is 1.10 bits per heavy atom. The van der Waals surface area contributed by atoms with Crippen LogP contribution in [0.5, 0.6) is 0 Å². The Kier molecular flexibility index (Phi) is 6.51. The van der Waals surface area contributed by atoms with Gasteiger partial charge in [-0.25, -0.2) is 4.68 Å². The van der Waals surface area contributed by atoms with Crippen LogP contribution in [-0.2, 0) is 16.1 Å². The van der Waals surface area contributed by atoms with Crippen LogP contribution in [0.2, 0.25) is 0 Å². The van der Waals surface area contributed by atoms with E-state index in [0.29, 0.717) is 5.82 Å². The van der Waals surface area contributed by atoms with Gasteiger partial charge in [0.1, 0.15) is 5.82 Å². The number of hydrogen-bond acceptors (Lipinski definition) is 5. The molecule has 3 heterocycles. The number of aromatic nitrogens is 3. The van der Waals surface area contributed by atoms with E-state index in [-0.39, 0.29) is 11.9 Å². The number of rotatable bonds is 7. The Balaban J connectivity index is 1.37. The number of pyridine rings is 1. The average molecular weight is 406 g/mol. The molecule has 4 rings (SSSR count). The van der Waals surface area contributed by atoms with Gasteiger partial charge < -0.3 is 10.1 Å². The van der Waals surface area contributed by atoms with Gasteiger partial charge in [0.15, 0.2) is 6.10 Å². The SMILES string of the molecule is COC(C(=O)Nc1ccnn1C1CCN(Cc2ccncc2)CC1)c1ccccc1. The molecule has 0 aliphatic carbocycles. The highest BCUT2D eigenvalue weighted by molar-refractivity contribution is 5.94. The van der Waals surface area contributed by atoms with Crippen LogP contribution in [0, 0.1) is 0 Å². The predicted octanol–water partition coefficient (Wildman–Crippen LogP) is 3.44. The molecule has 1 aliphatic rings. The number of anilines is 1. The van der Waals surface area contributed by atoms with Gasteiger partial charge in [0.25, 0.3) is 5.91 Å². The van der Waals surface area contributed by atoms with Crippen molar-refractivity contribution in [3.05, 3.63) is 78.2 Å². The monoisotopic (exact) mass is 405 g/mol. The first-order chi connectivity index (χ1) is 14.7. The predicted molar refractivity (Wildman–Crippen MR) is 115 cm³/mol. The van der Waals surface area contributed by atoms with Crippen molar-refractivity contribution in [2.24, 2.45) is 0 Å². The number of ether oxygens (including phenoxy) is 1. The molecule has 1 amide bonds. The molecule has 0 bridgehead atoms. The van der Waals surface area contributed by atoms with Crippen LogP contribution in [0.3, 0.4) is 0 Å². The fraction of sp³-hybridized carbons (Fsp3) is 0.348. The smallest absolute Gasteiger partial charge is 0.259 e. The zero-order valence-corrected chi connectivity index (χ0v) is 17.1. The highest BCUT2D eigenvalue weighted by atomic mass is 16.5. The van der Waals surface area contributed by atoms with Crippen molar-refractivity contribution in [3.8, 4) is 0 Å². The minimum Gasteiger partial charge on any atom is -0.367 e. The largest absolute Gasteiger partial charge is 0.367 e. The molecule has 1 unspecified atom stereocenters. The van der Waals surface area contributed by atoms with Crippen LogP contribution < -0.4 is 5.32 Å². The summed E-state index contributed by atoms with van der Waals surface area (Å²) in [5, 5.41) is 7.50. The topological polar surface area (TPSA) is 72.3 Å². The van der Waals surface area contributed by atoms with Gasteiger partial charge in [0, 0.05) is 45.2 Å². The van der Waals surface area contributed by atoms with Crippen molar-refractivity contribution in [2.75, 3.05) is 25.5 Å². The fourth-order valence-corrected chi connectivity index (χ4v) is 3.99. The maximum Gasteiger partial charge on any atom is 0.259 e. The molecule has 0 spiro atoms. The Bertz CT molecular complexity index is 936. The van der Waals surface area contributed by atoms with E-state index in [4.69, 9.17) is 4.74 Å². The van der Waals surface area contributed by atoms with Gasteiger partial charge in [-0.15, -0.1) is 0 Å². The molecule has 2 aromatic heterocycles. The Morgan fingerprint density at radius 3 is 2.53 bits per heavy atom. The summed E-state index contributed by atoms with van der Waals surface area (Å²) >= 11 is 0. The number of hydrogen-bond donors (Lipinski definition) is 1. The summed E-state index contributed by atoms with van der Waals surface area (Å²) in [5.74, 6) is 0.520. The summed E-state index contributed by atoms with van der Waals surface area (Å²) in [5.41, 5.74) is 2.11. The van der Waals surface area contributed by atoms with Crippen LogP contribution in [0.25, 0.3) is 0 Å². The zero-order chi connectivity index (χ0) is 20.8. The lowest BCUT2D eigenvalue weighted by molar-refractivity contribution is -0.126. The molecule has 1 aromatic carbocycles. The third kappa shape index (κ3) is 4.75. The molecule has 7 nitrogen and oxygen atoms in total. The van der Waals surface area contributed by atoms with Crippen molar-refractivity contribution in [3.63, 3.8) is 0 Å². The zero-order valence-electron chi connectivity index (χ0n) is 17.1. The van der Waals surface area contributed by atoms with Crippen LogP contribution in [0.15, 0.2) is 67.1 Å². The summed E-state index contributed by atoms with van der Waals surface area (Å²) < 4.78 is 7.39. The summed E-state index contributed by atoms with van der Waals surface area (Å²) in [6.45, 7) is 2.92. The van der Waals surface area contributed by atoms with E-state index in [9.17, 15) is 4.79 Å². The molecule has 156 valence electrons. The third-order valence-corrected chi connectivity index (χ3v) is 5.56. The van der Waals surface area contributed by atoms with Crippen molar-refractivity contribution < 1.29 is 9.53 Å². The Hall–Kier alpha value is -3.03. The molecule has 1 aliphatic heterocycles. The average Bonchev–Trinajstić information content (AvgIpc) is 3.24. The Labute approximate surface area is 176 Å². The van der Waals surface area contributed by atoms with Crippen LogP contribution >= 0.6 is 0 Å². The molecule has 1 N–H and O–H groups in total. The first kappa shape index (κ1) is 20.3. The van der Waals surface area contributed by atoms with Gasteiger partial charge in [-0.2, -0.15) is 5.10 Å². The number of methoxy groups -OCH3 is 1. The van der Waals surface area contributed by atoms with Crippen molar-refractivity contribution in [1.82, 2.24) is 19.7 Å². The summed E-state index contributed by atoms with van der Waals surface area (Å²) in [7, 11) is 1.55. The molecular weight excluding hydrogens is 378 g/mol. The first-order valence-electron chi connectivity index (χ1n) is 10.3. The first-order valence-corrected chi connectivity index (χ1v) is 10.3. The third-order valence-electron chi connectivity index (χ3n) is 5.56. The summed E-state index contributed by atoms with van der Waals surface area (Å²) in [6, 6.07) is 15.7. The van der Waals surface area contributed by atoms with Gasteiger partial charge in [-0.05, 0) is 36.1 Å². The van der Waals surface area contributed by atoms with Gasteiger partial charge in [-0.1, -0.05) is 30.3 Å². The molecule has 1 fully saturated rings. The lowest BCUT2D eigenvalue weighted by atomic mass is 10.0. The lowest BCUT2D eigenvalue weighted by Gasteiger charge is -2.32. The van der Waals surface area contributed by atoms with Gasteiger partial charge in [-0.3, -0.25) is 14.7 Å². The molecule has 1 atom stereocenters. The van der Waals surface area contributed by atoms with Crippen LogP contribution in [0.4, 0.5) is 5.82 Å². The summed E-state index contributed by atoms with van der Waals surface area (Å²) in [4.78, 5) is 19.4. The van der Waals surface area contributed by atoms with Gasteiger partial charge in [0.05, 0.1) is 12.2 Å². The van der Waals surface area contributed by atoms with Crippen LogP contribution in [-0.4, -0.2) is 45.8 Å². The van der Waals surface area contributed by atoms with E-state index in [0.717, 1.165) is 38.0 Å². The molecule has 30 heavy (non-hydrogen) atoms. The number of nitrogens with zero attached hydrogens (tertiary/aromatic N) is 4. The minimum absolute atomic E-state index is 0.194. The maximum atomic E-state index is 12.8. The number of benzene rings is 1. The minimum atomic E-state index is -0.656. The van der Waals surface area contributed by atoms with E-state index in [1.807, 2.05) is 53.5 Å². The summed E-state index contributed by atoms with van der Waals surface area (Å²) in [6.07, 6.45) is 6.73.